The van der Waals surface area contributed by atoms with Crippen molar-refractivity contribution in [3.8, 4) is 0 Å². The van der Waals surface area contributed by atoms with Crippen molar-refractivity contribution in [1.29, 1.82) is 0 Å². The number of aryl methyl sites for hydroxylation is 3. The van der Waals surface area contributed by atoms with Gasteiger partial charge >= 0.3 is 0 Å². The van der Waals surface area contributed by atoms with Crippen molar-refractivity contribution in [2.24, 2.45) is 0 Å². The smallest absolute Gasteiger partial charge is 0.261 e. The predicted molar refractivity (Wildman–Crippen MR) is 111 cm³/mol. The maximum absolute atomic E-state index is 12.9. The number of nitrogens with one attached hydrogen (secondary N) is 1. The lowest BCUT2D eigenvalue weighted by Crippen LogP contribution is -2.46. The van der Waals surface area contributed by atoms with Crippen LogP contribution in [-0.2, 0) is 6.42 Å². The van der Waals surface area contributed by atoms with Crippen LogP contribution in [0.25, 0.3) is 10.2 Å². The average Bonchev–Trinajstić information content (AvgIpc) is 3.36. The molecular formula is C21H24N4O3S. The molecule has 29 heavy (non-hydrogen) atoms. The zero-order chi connectivity index (χ0) is 20.5. The molecule has 0 unspecified atom stereocenters. The Labute approximate surface area is 173 Å². The molecule has 1 aliphatic heterocycles. The van der Waals surface area contributed by atoms with E-state index in [1.54, 1.807) is 6.07 Å². The lowest BCUT2D eigenvalue weighted by molar-refractivity contribution is 0.0697. The first-order valence-corrected chi connectivity index (χ1v) is 10.7. The summed E-state index contributed by atoms with van der Waals surface area (Å²) in [7, 11) is 0. The number of carbonyl (C=O) groups is 2. The van der Waals surface area contributed by atoms with Crippen LogP contribution >= 0.6 is 11.3 Å². The summed E-state index contributed by atoms with van der Waals surface area (Å²) in [4.78, 5) is 37.8. The van der Waals surface area contributed by atoms with Crippen molar-refractivity contribution >= 4 is 33.4 Å². The number of hydrogen-bond donors (Lipinski definition) is 1. The molecule has 1 fully saturated rings. The van der Waals surface area contributed by atoms with Crippen LogP contribution in [0.15, 0.2) is 23.0 Å². The highest BCUT2D eigenvalue weighted by molar-refractivity contribution is 7.20. The minimum absolute atomic E-state index is 0.0235. The number of amides is 2. The highest BCUT2D eigenvalue weighted by Gasteiger charge is 2.27. The number of piperidine rings is 1. The molecule has 0 bridgehead atoms. The fraction of sp³-hybridized carbons (Fsp3) is 0.429. The molecule has 0 atom stereocenters. The molecule has 3 aromatic rings. The molecule has 8 heteroatoms. The van der Waals surface area contributed by atoms with Crippen LogP contribution in [-0.4, -0.2) is 45.8 Å². The molecule has 1 aliphatic rings. The second-order valence-electron chi connectivity index (χ2n) is 7.37. The Hall–Kier alpha value is -2.74. The Kier molecular flexibility index (Phi) is 5.36. The monoisotopic (exact) mass is 412 g/mol. The van der Waals surface area contributed by atoms with Crippen LogP contribution in [0.5, 0.6) is 0 Å². The zero-order valence-corrected chi connectivity index (χ0v) is 17.6. The highest BCUT2D eigenvalue weighted by Crippen LogP contribution is 2.31. The second kappa shape index (κ2) is 7.94. The first-order chi connectivity index (χ1) is 14.0. The molecule has 3 aromatic heterocycles. The summed E-state index contributed by atoms with van der Waals surface area (Å²) in [6.45, 7) is 7.19. The van der Waals surface area contributed by atoms with Gasteiger partial charge in [0.2, 0.25) is 0 Å². The number of likely N-dealkylation sites (tertiary alicyclic amines) is 1. The lowest BCUT2D eigenvalue weighted by Gasteiger charge is -2.32. The summed E-state index contributed by atoms with van der Waals surface area (Å²) >= 11 is 1.43. The van der Waals surface area contributed by atoms with E-state index in [0.717, 1.165) is 46.6 Å². The van der Waals surface area contributed by atoms with Gasteiger partial charge in [0.15, 0.2) is 0 Å². The summed E-state index contributed by atoms with van der Waals surface area (Å²) in [6, 6.07) is 1.73. The van der Waals surface area contributed by atoms with Crippen molar-refractivity contribution < 1.29 is 14.0 Å². The minimum atomic E-state index is -0.0671. The van der Waals surface area contributed by atoms with E-state index < -0.39 is 0 Å². The first-order valence-electron chi connectivity index (χ1n) is 9.86. The quantitative estimate of drug-likeness (QED) is 0.709. The van der Waals surface area contributed by atoms with E-state index in [-0.39, 0.29) is 17.9 Å². The van der Waals surface area contributed by atoms with Crippen molar-refractivity contribution in [3.63, 3.8) is 0 Å². The van der Waals surface area contributed by atoms with Gasteiger partial charge < -0.3 is 14.6 Å². The van der Waals surface area contributed by atoms with Gasteiger partial charge in [-0.3, -0.25) is 9.59 Å². The Balaban J connectivity index is 1.43. The Morgan fingerprint density at radius 3 is 2.69 bits per heavy atom. The summed E-state index contributed by atoms with van der Waals surface area (Å²) in [6.07, 6.45) is 5.21. The van der Waals surface area contributed by atoms with Crippen LogP contribution in [0.3, 0.4) is 0 Å². The molecule has 0 aromatic carbocycles. The van der Waals surface area contributed by atoms with Crippen molar-refractivity contribution in [3.05, 3.63) is 46.1 Å². The number of nitrogens with zero attached hydrogens (tertiary/aromatic N) is 3. The molecule has 1 saturated heterocycles. The van der Waals surface area contributed by atoms with Gasteiger partial charge in [-0.2, -0.15) is 0 Å². The van der Waals surface area contributed by atoms with E-state index in [1.807, 2.05) is 25.7 Å². The number of fused-ring (bicyclic) bond motifs is 1. The van der Waals surface area contributed by atoms with Gasteiger partial charge in [-0.15, -0.1) is 11.3 Å². The zero-order valence-electron chi connectivity index (χ0n) is 16.8. The topological polar surface area (TPSA) is 88.3 Å². The van der Waals surface area contributed by atoms with Crippen molar-refractivity contribution in [1.82, 2.24) is 20.2 Å². The molecule has 0 spiro atoms. The summed E-state index contributed by atoms with van der Waals surface area (Å²) < 4.78 is 5.00. The lowest BCUT2D eigenvalue weighted by atomic mass is 10.0. The fourth-order valence-electron chi connectivity index (χ4n) is 3.82. The number of thiophene rings is 1. The molecule has 0 radical (unpaired) electrons. The third kappa shape index (κ3) is 3.76. The number of furan rings is 1. The van der Waals surface area contributed by atoms with E-state index in [9.17, 15) is 9.59 Å². The minimum Gasteiger partial charge on any atom is -0.472 e. The van der Waals surface area contributed by atoms with Crippen LogP contribution < -0.4 is 5.32 Å². The third-order valence-corrected chi connectivity index (χ3v) is 6.61. The summed E-state index contributed by atoms with van der Waals surface area (Å²) in [5.74, 6) is 0.713. The molecule has 1 N–H and O–H groups in total. The highest BCUT2D eigenvalue weighted by atomic mass is 32.1. The van der Waals surface area contributed by atoms with Gasteiger partial charge in [0, 0.05) is 36.6 Å². The predicted octanol–water partition coefficient (Wildman–Crippen LogP) is 3.50. The van der Waals surface area contributed by atoms with Crippen LogP contribution in [0.4, 0.5) is 0 Å². The van der Waals surface area contributed by atoms with E-state index in [4.69, 9.17) is 4.42 Å². The van der Waals surface area contributed by atoms with E-state index in [2.05, 4.69) is 15.3 Å². The summed E-state index contributed by atoms with van der Waals surface area (Å²) in [5.41, 5.74) is 2.43. The number of rotatable bonds is 4. The van der Waals surface area contributed by atoms with E-state index in [1.165, 1.54) is 23.9 Å². The molecule has 0 aliphatic carbocycles. The van der Waals surface area contributed by atoms with Gasteiger partial charge in [0.25, 0.3) is 11.8 Å². The Morgan fingerprint density at radius 2 is 2.03 bits per heavy atom. The number of aromatic nitrogens is 2. The van der Waals surface area contributed by atoms with E-state index in [0.29, 0.717) is 23.5 Å². The molecule has 2 amide bonds. The van der Waals surface area contributed by atoms with Gasteiger partial charge in [0.1, 0.15) is 16.9 Å². The Bertz CT molecular complexity index is 1050. The maximum atomic E-state index is 12.9. The standard InChI is InChI=1S/C21H24N4O3S/c1-4-16-22-13(3)17-12(2)18(29-20(17)24-16)19(26)23-15-5-8-25(9-6-15)21(27)14-7-10-28-11-14/h7,10-11,15H,4-6,8-9H2,1-3H3,(H,23,26). The maximum Gasteiger partial charge on any atom is 0.261 e. The number of carbonyl (C=O) groups excluding carboxylic acids is 2. The average molecular weight is 413 g/mol. The normalized spacial score (nSPS) is 15.1. The van der Waals surface area contributed by atoms with Gasteiger partial charge in [0.05, 0.1) is 16.7 Å². The molecule has 7 nitrogen and oxygen atoms in total. The number of hydrogen-bond acceptors (Lipinski definition) is 6. The van der Waals surface area contributed by atoms with Crippen molar-refractivity contribution in [2.75, 3.05) is 13.1 Å². The van der Waals surface area contributed by atoms with Crippen molar-refractivity contribution in [2.45, 2.75) is 46.1 Å². The van der Waals surface area contributed by atoms with E-state index >= 15 is 0 Å². The fourth-order valence-corrected chi connectivity index (χ4v) is 4.97. The van der Waals surface area contributed by atoms with Crippen LogP contribution in [0.2, 0.25) is 0 Å². The SMILES string of the molecule is CCc1nc(C)c2c(C)c(C(=O)NC3CCN(C(=O)c4ccoc4)CC3)sc2n1. The third-order valence-electron chi connectivity index (χ3n) is 5.43. The van der Waals surface area contributed by atoms with Crippen LogP contribution in [0, 0.1) is 13.8 Å². The molecule has 152 valence electrons. The largest absolute Gasteiger partial charge is 0.472 e. The summed E-state index contributed by atoms with van der Waals surface area (Å²) in [5, 5.41) is 4.13. The van der Waals surface area contributed by atoms with Gasteiger partial charge in [-0.25, -0.2) is 9.97 Å². The molecular weight excluding hydrogens is 388 g/mol. The van der Waals surface area contributed by atoms with Gasteiger partial charge in [-0.05, 0) is 38.3 Å². The molecule has 0 saturated carbocycles. The molecule has 4 rings (SSSR count). The molecule has 4 heterocycles. The first kappa shape index (κ1) is 19.6. The van der Waals surface area contributed by atoms with Crippen LogP contribution in [0.1, 0.15) is 56.9 Å². The Morgan fingerprint density at radius 1 is 1.28 bits per heavy atom. The second-order valence-corrected chi connectivity index (χ2v) is 8.37. The van der Waals surface area contributed by atoms with Gasteiger partial charge in [-0.1, -0.05) is 6.92 Å².